The Morgan fingerprint density at radius 3 is 2.43 bits per heavy atom. The van der Waals surface area contributed by atoms with Gasteiger partial charge in [-0.15, -0.1) is 0 Å². The van der Waals surface area contributed by atoms with Crippen molar-refractivity contribution in [2.75, 3.05) is 6.61 Å². The second-order valence-corrected chi connectivity index (χ2v) is 9.09. The van der Waals surface area contributed by atoms with E-state index in [-0.39, 0.29) is 24.5 Å². The summed E-state index contributed by atoms with van der Waals surface area (Å²) in [7, 11) is 0. The first-order valence-electron chi connectivity index (χ1n) is 11.2. The zero-order valence-corrected chi connectivity index (χ0v) is 17.0. The van der Waals surface area contributed by atoms with Crippen LogP contribution in [0.4, 0.5) is 4.79 Å². The van der Waals surface area contributed by atoms with E-state index in [1.165, 1.54) is 49.7 Å². The van der Waals surface area contributed by atoms with Crippen molar-refractivity contribution in [2.24, 2.45) is 5.92 Å². The summed E-state index contributed by atoms with van der Waals surface area (Å²) in [5.74, 6) is 1.63. The fraction of sp³-hybridized carbons (Fsp3) is 0.652. The summed E-state index contributed by atoms with van der Waals surface area (Å²) in [4.78, 5) is 26.6. The number of ether oxygens (including phenoxy) is 1. The molecule has 3 aliphatic heterocycles. The number of nitrogens with zero attached hydrogens (tertiary/aromatic N) is 1. The van der Waals surface area contributed by atoms with Crippen molar-refractivity contribution in [1.29, 1.82) is 0 Å². The summed E-state index contributed by atoms with van der Waals surface area (Å²) >= 11 is 0. The maximum Gasteiger partial charge on any atom is 0.417 e. The van der Waals surface area contributed by atoms with E-state index < -0.39 is 6.09 Å². The Morgan fingerprint density at radius 2 is 1.79 bits per heavy atom. The van der Waals surface area contributed by atoms with Crippen molar-refractivity contribution >= 4 is 18.7 Å². The SMILES string of the molecule is CC(CCCB1C2CCCC1CCC2)C(=O)N1C(=O)OCC1c1ccccc1. The summed E-state index contributed by atoms with van der Waals surface area (Å²) in [5.41, 5.74) is 0.962. The topological polar surface area (TPSA) is 46.6 Å². The lowest BCUT2D eigenvalue weighted by molar-refractivity contribution is -0.133. The molecule has 0 aromatic heterocycles. The number of rotatable bonds is 6. The minimum atomic E-state index is -0.493. The van der Waals surface area contributed by atoms with Gasteiger partial charge in [-0.05, 0) is 12.0 Å². The van der Waals surface area contributed by atoms with Gasteiger partial charge in [0.1, 0.15) is 19.4 Å². The maximum absolute atomic E-state index is 13.0. The lowest BCUT2D eigenvalue weighted by atomic mass is 9.26. The van der Waals surface area contributed by atoms with Crippen molar-refractivity contribution in [3.05, 3.63) is 35.9 Å². The largest absolute Gasteiger partial charge is 0.446 e. The molecule has 0 spiro atoms. The molecular formula is C23H32BNO3. The lowest BCUT2D eigenvalue weighted by Gasteiger charge is -2.40. The van der Waals surface area contributed by atoms with E-state index in [0.717, 1.165) is 36.8 Å². The van der Waals surface area contributed by atoms with Gasteiger partial charge in [0.05, 0.1) is 0 Å². The molecule has 1 aromatic carbocycles. The van der Waals surface area contributed by atoms with Crippen LogP contribution in [0.15, 0.2) is 30.3 Å². The van der Waals surface area contributed by atoms with Gasteiger partial charge in [0, 0.05) is 5.92 Å². The van der Waals surface area contributed by atoms with Gasteiger partial charge in [0.25, 0.3) is 0 Å². The molecule has 3 heterocycles. The predicted octanol–water partition coefficient (Wildman–Crippen LogP) is 5.73. The van der Waals surface area contributed by atoms with E-state index in [2.05, 4.69) is 0 Å². The third-order valence-corrected chi connectivity index (χ3v) is 7.40. The number of imide groups is 1. The van der Waals surface area contributed by atoms with Crippen LogP contribution in [0.2, 0.25) is 18.0 Å². The Balaban J connectivity index is 1.33. The Bertz CT molecular complexity index is 672. The molecule has 2 bridgehead atoms. The van der Waals surface area contributed by atoms with E-state index >= 15 is 0 Å². The number of hydrogen-bond donors (Lipinski definition) is 0. The molecule has 4 rings (SSSR count). The van der Waals surface area contributed by atoms with Crippen molar-refractivity contribution in [3.8, 4) is 0 Å². The quantitative estimate of drug-likeness (QED) is 0.592. The molecular weight excluding hydrogens is 349 g/mol. The van der Waals surface area contributed by atoms with Crippen LogP contribution in [0.3, 0.4) is 0 Å². The molecule has 4 nitrogen and oxygen atoms in total. The van der Waals surface area contributed by atoms with Crippen LogP contribution in [0.1, 0.15) is 69.9 Å². The number of amides is 2. The average molecular weight is 381 g/mol. The molecule has 3 aliphatic rings. The van der Waals surface area contributed by atoms with Crippen molar-refractivity contribution in [1.82, 2.24) is 4.90 Å². The fourth-order valence-electron chi connectivity index (χ4n) is 5.89. The predicted molar refractivity (Wildman–Crippen MR) is 112 cm³/mol. The van der Waals surface area contributed by atoms with Crippen LogP contribution in [0.25, 0.3) is 0 Å². The van der Waals surface area contributed by atoms with Crippen LogP contribution in [-0.2, 0) is 9.53 Å². The van der Waals surface area contributed by atoms with Gasteiger partial charge in [-0.1, -0.05) is 100 Å². The van der Waals surface area contributed by atoms with E-state index in [9.17, 15) is 9.59 Å². The van der Waals surface area contributed by atoms with Gasteiger partial charge in [-0.3, -0.25) is 4.79 Å². The Morgan fingerprint density at radius 1 is 1.14 bits per heavy atom. The molecule has 2 unspecified atom stereocenters. The summed E-state index contributed by atoms with van der Waals surface area (Å²) < 4.78 is 5.22. The van der Waals surface area contributed by atoms with Gasteiger partial charge < -0.3 is 4.74 Å². The molecule has 3 fully saturated rings. The fourth-order valence-corrected chi connectivity index (χ4v) is 5.89. The van der Waals surface area contributed by atoms with Crippen LogP contribution in [0.5, 0.6) is 0 Å². The molecule has 150 valence electrons. The first-order valence-corrected chi connectivity index (χ1v) is 11.2. The van der Waals surface area contributed by atoms with Gasteiger partial charge in [-0.25, -0.2) is 9.69 Å². The summed E-state index contributed by atoms with van der Waals surface area (Å²) in [6.45, 7) is 3.10. The maximum atomic E-state index is 13.0. The molecule has 2 atom stereocenters. The van der Waals surface area contributed by atoms with E-state index in [0.29, 0.717) is 0 Å². The molecule has 5 heteroatoms. The summed E-state index contributed by atoms with van der Waals surface area (Å²) in [6.07, 6.45) is 11.2. The van der Waals surface area contributed by atoms with Gasteiger partial charge in [-0.2, -0.15) is 0 Å². The number of carbonyl (C=O) groups is 2. The third kappa shape index (κ3) is 3.99. The molecule has 2 amide bonds. The minimum Gasteiger partial charge on any atom is -0.446 e. The Kier molecular flexibility index (Phi) is 6.08. The summed E-state index contributed by atoms with van der Waals surface area (Å²) in [6, 6.07) is 9.44. The highest BCUT2D eigenvalue weighted by Crippen LogP contribution is 2.48. The van der Waals surface area contributed by atoms with E-state index in [1.54, 1.807) is 0 Å². The van der Waals surface area contributed by atoms with Gasteiger partial charge >= 0.3 is 6.09 Å². The zero-order valence-electron chi connectivity index (χ0n) is 17.0. The number of benzene rings is 1. The smallest absolute Gasteiger partial charge is 0.417 e. The Labute approximate surface area is 169 Å². The van der Waals surface area contributed by atoms with Crippen molar-refractivity contribution < 1.29 is 14.3 Å². The summed E-state index contributed by atoms with van der Waals surface area (Å²) in [5, 5.41) is 0. The van der Waals surface area contributed by atoms with Gasteiger partial charge in [0.2, 0.25) is 5.91 Å². The van der Waals surface area contributed by atoms with Crippen LogP contribution in [0, 0.1) is 5.92 Å². The minimum absolute atomic E-state index is 0.0832. The van der Waals surface area contributed by atoms with Crippen molar-refractivity contribution in [2.45, 2.75) is 82.3 Å². The molecule has 0 N–H and O–H groups in total. The standard InChI is InChI=1S/C23H32BNO3/c1-17(8-7-15-24-19-11-5-12-20(24)14-6-13-19)22(26)25-21(16-28-23(25)27)18-9-3-2-4-10-18/h2-4,9-10,17,19-21H,5-8,11-16H2,1H3. The van der Waals surface area contributed by atoms with Gasteiger partial charge in [0.15, 0.2) is 0 Å². The second kappa shape index (κ2) is 8.71. The average Bonchev–Trinajstić information content (AvgIpc) is 3.09. The molecule has 3 saturated heterocycles. The Hall–Kier alpha value is -1.78. The van der Waals surface area contributed by atoms with Crippen LogP contribution < -0.4 is 0 Å². The molecule has 0 saturated carbocycles. The number of cyclic esters (lactones) is 1. The van der Waals surface area contributed by atoms with Crippen LogP contribution in [-0.4, -0.2) is 30.2 Å². The normalized spacial score (nSPS) is 28.2. The van der Waals surface area contributed by atoms with E-state index in [1.807, 2.05) is 37.3 Å². The van der Waals surface area contributed by atoms with Crippen molar-refractivity contribution in [3.63, 3.8) is 0 Å². The first-order chi connectivity index (χ1) is 13.6. The zero-order chi connectivity index (χ0) is 19.5. The lowest BCUT2D eigenvalue weighted by Crippen LogP contribution is -2.38. The monoisotopic (exact) mass is 381 g/mol. The first kappa shape index (κ1) is 19.5. The third-order valence-electron chi connectivity index (χ3n) is 7.40. The molecule has 0 radical (unpaired) electrons. The number of carbonyl (C=O) groups excluding carboxylic acids is 2. The molecule has 0 aliphatic carbocycles. The number of hydrogen-bond acceptors (Lipinski definition) is 3. The number of fused-ring (bicyclic) bond motifs is 2. The second-order valence-electron chi connectivity index (χ2n) is 9.09. The van der Waals surface area contributed by atoms with Crippen LogP contribution >= 0.6 is 0 Å². The molecule has 1 aromatic rings. The highest BCUT2D eigenvalue weighted by atomic mass is 16.6. The molecule has 28 heavy (non-hydrogen) atoms. The highest BCUT2D eigenvalue weighted by molar-refractivity contribution is 6.62. The highest BCUT2D eigenvalue weighted by Gasteiger charge is 2.41. The van der Waals surface area contributed by atoms with E-state index in [4.69, 9.17) is 4.74 Å².